The highest BCUT2D eigenvalue weighted by atomic mass is 16.6. The van der Waals surface area contributed by atoms with Crippen LogP contribution in [0, 0.1) is 0 Å². The number of aliphatic hydroxyl groups is 1. The van der Waals surface area contributed by atoms with Crippen molar-refractivity contribution in [1.29, 1.82) is 0 Å². The van der Waals surface area contributed by atoms with Crippen molar-refractivity contribution in [2.75, 3.05) is 38.8 Å². The quantitative estimate of drug-likeness (QED) is 0.250. The minimum atomic E-state index is -1.55. The van der Waals surface area contributed by atoms with E-state index in [-0.39, 0.29) is 12.4 Å². The topological polar surface area (TPSA) is 136 Å². The summed E-state index contributed by atoms with van der Waals surface area (Å²) in [6, 6.07) is 0. The lowest BCUT2D eigenvalue weighted by Gasteiger charge is -2.40. The smallest absolute Gasteiger partial charge is 0.168 e. The first kappa shape index (κ1) is 32.6. The summed E-state index contributed by atoms with van der Waals surface area (Å²) in [7, 11) is 0. The molecule has 0 aromatic carbocycles. The SMILES string of the molecule is CCCCOC[C@H]1O[C@@H](n2cnc3c(N)ncnc32)[C@@](C)(O)[C@H](OCCCC)[C@@H](OCCCC)[C@@H]1OCCCC. The lowest BCUT2D eigenvalue weighted by molar-refractivity contribution is -0.214. The number of unbranched alkanes of at least 4 members (excludes halogenated alkanes) is 4. The number of fused-ring (bicyclic) bond motifs is 1. The van der Waals surface area contributed by atoms with E-state index in [1.807, 2.05) is 0 Å². The summed E-state index contributed by atoms with van der Waals surface area (Å²) in [5, 5.41) is 12.4. The molecule has 1 fully saturated rings. The average molecular weight is 566 g/mol. The van der Waals surface area contributed by atoms with Gasteiger partial charge < -0.3 is 34.5 Å². The van der Waals surface area contributed by atoms with Crippen LogP contribution in [0.25, 0.3) is 11.2 Å². The zero-order valence-corrected chi connectivity index (χ0v) is 25.1. The van der Waals surface area contributed by atoms with Crippen LogP contribution in [-0.2, 0) is 23.7 Å². The van der Waals surface area contributed by atoms with Gasteiger partial charge in [-0.25, -0.2) is 15.0 Å². The Morgan fingerprint density at radius 1 is 0.875 bits per heavy atom. The Kier molecular flexibility index (Phi) is 13.5. The van der Waals surface area contributed by atoms with E-state index in [4.69, 9.17) is 29.4 Å². The van der Waals surface area contributed by atoms with Crippen LogP contribution >= 0.6 is 0 Å². The fraction of sp³-hybridized carbons (Fsp3) is 0.828. The Hall–Kier alpha value is -1.89. The van der Waals surface area contributed by atoms with Crippen molar-refractivity contribution in [1.82, 2.24) is 19.5 Å². The van der Waals surface area contributed by atoms with Gasteiger partial charge in [0.25, 0.3) is 0 Å². The molecule has 1 aliphatic heterocycles. The largest absolute Gasteiger partial charge is 0.383 e. The minimum Gasteiger partial charge on any atom is -0.383 e. The summed E-state index contributed by atoms with van der Waals surface area (Å²) >= 11 is 0. The van der Waals surface area contributed by atoms with Gasteiger partial charge in [0.05, 0.1) is 12.9 Å². The van der Waals surface area contributed by atoms with Gasteiger partial charge in [0, 0.05) is 26.4 Å². The lowest BCUT2D eigenvalue weighted by Crippen LogP contribution is -2.56. The van der Waals surface area contributed by atoms with Crippen molar-refractivity contribution >= 4 is 17.0 Å². The highest BCUT2D eigenvalue weighted by molar-refractivity contribution is 5.81. The van der Waals surface area contributed by atoms with E-state index >= 15 is 0 Å². The second kappa shape index (κ2) is 16.5. The molecule has 3 N–H and O–H groups in total. The van der Waals surface area contributed by atoms with E-state index in [1.54, 1.807) is 17.8 Å². The minimum absolute atomic E-state index is 0.258. The molecule has 40 heavy (non-hydrogen) atoms. The molecule has 0 aliphatic carbocycles. The molecule has 11 nitrogen and oxygen atoms in total. The first-order chi connectivity index (χ1) is 19.4. The van der Waals surface area contributed by atoms with E-state index in [2.05, 4.69) is 42.6 Å². The highest BCUT2D eigenvalue weighted by Gasteiger charge is 2.55. The van der Waals surface area contributed by atoms with Gasteiger partial charge in [0.15, 0.2) is 17.7 Å². The molecule has 1 saturated heterocycles. The van der Waals surface area contributed by atoms with Gasteiger partial charge in [0.1, 0.15) is 41.9 Å². The van der Waals surface area contributed by atoms with Gasteiger partial charge in [-0.1, -0.05) is 53.4 Å². The number of ether oxygens (including phenoxy) is 5. The van der Waals surface area contributed by atoms with Gasteiger partial charge in [-0.3, -0.25) is 4.57 Å². The van der Waals surface area contributed by atoms with Crippen molar-refractivity contribution in [2.45, 2.75) is 122 Å². The lowest BCUT2D eigenvalue weighted by atomic mass is 9.89. The van der Waals surface area contributed by atoms with E-state index in [9.17, 15) is 5.11 Å². The molecule has 11 heteroatoms. The summed E-state index contributed by atoms with van der Waals surface area (Å²) in [5.41, 5.74) is 5.44. The normalized spacial score (nSPS) is 27.3. The molecule has 0 radical (unpaired) electrons. The summed E-state index contributed by atoms with van der Waals surface area (Å²) in [6.07, 6.45) is 7.14. The Balaban J connectivity index is 2.11. The van der Waals surface area contributed by atoms with Crippen molar-refractivity contribution in [3.8, 4) is 0 Å². The third kappa shape index (κ3) is 8.10. The molecule has 1 aliphatic rings. The Morgan fingerprint density at radius 3 is 2.12 bits per heavy atom. The van der Waals surface area contributed by atoms with Crippen molar-refractivity contribution in [2.24, 2.45) is 0 Å². The molecule has 3 rings (SSSR count). The molecule has 0 saturated carbocycles. The van der Waals surface area contributed by atoms with Crippen molar-refractivity contribution < 1.29 is 28.8 Å². The van der Waals surface area contributed by atoms with Gasteiger partial charge >= 0.3 is 0 Å². The number of hydrogen-bond donors (Lipinski definition) is 2. The van der Waals surface area contributed by atoms with Crippen LogP contribution in [0.1, 0.15) is 92.2 Å². The molecular formula is C29H51N5O6. The summed E-state index contributed by atoms with van der Waals surface area (Å²) in [4.78, 5) is 12.9. The van der Waals surface area contributed by atoms with Crippen LogP contribution in [-0.4, -0.2) is 87.7 Å². The van der Waals surface area contributed by atoms with Gasteiger partial charge in [0.2, 0.25) is 0 Å². The number of rotatable bonds is 18. The summed E-state index contributed by atoms with van der Waals surface area (Å²) in [5.74, 6) is 0.258. The molecule has 0 unspecified atom stereocenters. The highest BCUT2D eigenvalue weighted by Crippen LogP contribution is 2.40. The third-order valence-electron chi connectivity index (χ3n) is 7.34. The van der Waals surface area contributed by atoms with Gasteiger partial charge in [-0.05, 0) is 32.6 Å². The second-order valence-electron chi connectivity index (χ2n) is 10.8. The van der Waals surface area contributed by atoms with E-state index in [1.165, 1.54) is 6.33 Å². The van der Waals surface area contributed by atoms with Crippen molar-refractivity contribution in [3.63, 3.8) is 0 Å². The van der Waals surface area contributed by atoms with Crippen LogP contribution in [0.2, 0.25) is 0 Å². The number of hydrogen-bond acceptors (Lipinski definition) is 10. The first-order valence-electron chi connectivity index (χ1n) is 15.1. The molecule has 0 spiro atoms. The first-order valence-corrected chi connectivity index (χ1v) is 15.1. The Labute approximate surface area is 239 Å². The number of imidazole rings is 1. The predicted octanol–water partition coefficient (Wildman–Crippen LogP) is 4.43. The maximum absolute atomic E-state index is 12.4. The zero-order chi connectivity index (χ0) is 29.0. The maximum atomic E-state index is 12.4. The number of nitrogen functional groups attached to an aromatic ring is 1. The van der Waals surface area contributed by atoms with Crippen LogP contribution in [0.4, 0.5) is 5.82 Å². The summed E-state index contributed by atoms with van der Waals surface area (Å²) < 4.78 is 34.1. The molecule has 0 bridgehead atoms. The van der Waals surface area contributed by atoms with Gasteiger partial charge in [-0.15, -0.1) is 0 Å². The molecule has 228 valence electrons. The standard InChI is InChI=1S/C29H51N5O6/c1-6-10-14-36-18-21-23(37-15-11-7-2)24(38-16-12-8-3)25(39-17-13-9-4)29(5,35)28(40-21)34-20-33-22-26(30)31-19-32-27(22)34/h19-21,23-25,28,35H,6-18H2,1-5H3,(H2,30,31,32)/t21-,23-,24+,25-,28-,29+/m1/s1. The third-order valence-corrected chi connectivity index (χ3v) is 7.34. The predicted molar refractivity (Wildman–Crippen MR) is 154 cm³/mol. The van der Waals surface area contributed by atoms with Crippen LogP contribution in [0.3, 0.4) is 0 Å². The Morgan fingerprint density at radius 2 is 1.48 bits per heavy atom. The monoisotopic (exact) mass is 565 g/mol. The number of anilines is 1. The number of nitrogens with two attached hydrogens (primary N) is 1. The number of nitrogens with zero attached hydrogens (tertiary/aromatic N) is 4. The van der Waals surface area contributed by atoms with Crippen LogP contribution in [0.15, 0.2) is 12.7 Å². The zero-order valence-electron chi connectivity index (χ0n) is 25.1. The molecule has 2 aromatic rings. The summed E-state index contributed by atoms with van der Waals surface area (Å²) in [6.45, 7) is 12.6. The molecule has 6 atom stereocenters. The van der Waals surface area contributed by atoms with Crippen LogP contribution < -0.4 is 5.73 Å². The average Bonchev–Trinajstić information content (AvgIpc) is 3.34. The fourth-order valence-electron chi connectivity index (χ4n) is 4.94. The second-order valence-corrected chi connectivity index (χ2v) is 10.8. The van der Waals surface area contributed by atoms with Crippen molar-refractivity contribution in [3.05, 3.63) is 12.7 Å². The fourth-order valence-corrected chi connectivity index (χ4v) is 4.94. The van der Waals surface area contributed by atoms with Crippen LogP contribution in [0.5, 0.6) is 0 Å². The number of aromatic nitrogens is 4. The molecule has 3 heterocycles. The molecule has 0 amide bonds. The molecular weight excluding hydrogens is 514 g/mol. The van der Waals surface area contributed by atoms with E-state index in [0.717, 1.165) is 51.4 Å². The van der Waals surface area contributed by atoms with E-state index < -0.39 is 36.2 Å². The van der Waals surface area contributed by atoms with Gasteiger partial charge in [-0.2, -0.15) is 0 Å². The maximum Gasteiger partial charge on any atom is 0.168 e. The van der Waals surface area contributed by atoms with E-state index in [0.29, 0.717) is 37.6 Å². The Bertz CT molecular complexity index is 989. The molecule has 2 aromatic heterocycles.